The van der Waals surface area contributed by atoms with E-state index in [2.05, 4.69) is 42.2 Å². The molecule has 1 aromatic heterocycles. The van der Waals surface area contributed by atoms with Gasteiger partial charge in [0.25, 0.3) is 5.91 Å². The Kier molecular flexibility index (Phi) is 4.67. The van der Waals surface area contributed by atoms with Crippen LogP contribution in [0.4, 0.5) is 0 Å². The van der Waals surface area contributed by atoms with Crippen molar-refractivity contribution in [2.45, 2.75) is 52.5 Å². The smallest absolute Gasteiger partial charge is 0.279 e. The molecule has 0 spiro atoms. The van der Waals surface area contributed by atoms with Gasteiger partial charge in [-0.1, -0.05) is 38.4 Å². The second-order valence-electron chi connectivity index (χ2n) is 8.07. The number of hydrogen-bond acceptors (Lipinski definition) is 1. The molecule has 5 heteroatoms. The monoisotopic (exact) mass is 359 g/mol. The zero-order valence-electron chi connectivity index (χ0n) is 15.6. The minimum atomic E-state index is -0.252. The highest BCUT2D eigenvalue weighted by molar-refractivity contribution is 6.31. The van der Waals surface area contributed by atoms with Gasteiger partial charge in [0.2, 0.25) is 0 Å². The number of amides is 1. The average Bonchev–Trinajstić information content (AvgIpc) is 3.28. The van der Waals surface area contributed by atoms with Crippen LogP contribution < -0.4 is 5.49 Å². The summed E-state index contributed by atoms with van der Waals surface area (Å²) < 4.78 is 4.28. The van der Waals surface area contributed by atoms with Gasteiger partial charge in [-0.25, -0.2) is 0 Å². The number of nitrogens with zero attached hydrogens (tertiary/aromatic N) is 3. The first kappa shape index (κ1) is 18.0. The summed E-state index contributed by atoms with van der Waals surface area (Å²) in [7, 11) is 2.05. The predicted octanol–water partition coefficient (Wildman–Crippen LogP) is 4.24. The van der Waals surface area contributed by atoms with Crippen molar-refractivity contribution in [1.82, 2.24) is 9.36 Å². The summed E-state index contributed by atoms with van der Waals surface area (Å²) in [5.41, 5.74) is 3.36. The fourth-order valence-electron chi connectivity index (χ4n) is 3.02. The summed E-state index contributed by atoms with van der Waals surface area (Å²) in [6.07, 6.45) is 2.51. The summed E-state index contributed by atoms with van der Waals surface area (Å²) in [6.45, 7) is 9.36. The molecule has 0 saturated heterocycles. The van der Waals surface area contributed by atoms with E-state index in [0.717, 1.165) is 17.6 Å². The van der Waals surface area contributed by atoms with Crippen LogP contribution in [0, 0.1) is 12.8 Å². The third-order valence-corrected chi connectivity index (χ3v) is 5.18. The largest absolute Gasteiger partial charge is 0.291 e. The Bertz CT molecular complexity index is 879. The van der Waals surface area contributed by atoms with Crippen LogP contribution in [0.5, 0.6) is 0 Å². The Morgan fingerprint density at radius 1 is 1.28 bits per heavy atom. The molecule has 25 heavy (non-hydrogen) atoms. The topological polar surface area (TPSA) is 39.3 Å². The molecule has 1 fully saturated rings. The van der Waals surface area contributed by atoms with Crippen molar-refractivity contribution in [3.63, 3.8) is 0 Å². The van der Waals surface area contributed by atoms with Crippen LogP contribution in [0.15, 0.2) is 29.3 Å². The van der Waals surface area contributed by atoms with Gasteiger partial charge >= 0.3 is 0 Å². The maximum atomic E-state index is 12.7. The van der Waals surface area contributed by atoms with Gasteiger partial charge in [0.05, 0.1) is 0 Å². The van der Waals surface area contributed by atoms with Gasteiger partial charge in [-0.3, -0.25) is 14.2 Å². The highest BCUT2D eigenvalue weighted by Gasteiger charge is 2.26. The number of carbonyl (C=O) groups excluding carboxylic acids is 1. The van der Waals surface area contributed by atoms with E-state index in [0.29, 0.717) is 16.5 Å². The molecule has 1 amide bonds. The maximum absolute atomic E-state index is 12.7. The van der Waals surface area contributed by atoms with Crippen LogP contribution >= 0.6 is 11.6 Å². The minimum Gasteiger partial charge on any atom is -0.291 e. The molecule has 0 bridgehead atoms. The second-order valence-corrected chi connectivity index (χ2v) is 8.47. The zero-order valence-corrected chi connectivity index (χ0v) is 16.4. The molecular weight excluding hydrogens is 334 g/mol. The van der Waals surface area contributed by atoms with Crippen LogP contribution in [0.3, 0.4) is 0 Å². The highest BCUT2D eigenvalue weighted by atomic mass is 35.5. The molecule has 0 N–H and O–H groups in total. The van der Waals surface area contributed by atoms with Gasteiger partial charge in [-0.2, -0.15) is 4.99 Å². The zero-order chi connectivity index (χ0) is 18.4. The van der Waals surface area contributed by atoms with Gasteiger partial charge in [0.15, 0.2) is 5.49 Å². The van der Waals surface area contributed by atoms with Crippen LogP contribution in [0.2, 0.25) is 5.02 Å². The van der Waals surface area contributed by atoms with Crippen LogP contribution in [-0.2, 0) is 19.0 Å². The first-order chi connectivity index (χ1) is 11.7. The van der Waals surface area contributed by atoms with E-state index in [-0.39, 0.29) is 11.3 Å². The molecular formula is C20H26ClN3O. The third kappa shape index (κ3) is 3.90. The van der Waals surface area contributed by atoms with Crippen molar-refractivity contribution < 1.29 is 4.79 Å². The number of halogens is 1. The van der Waals surface area contributed by atoms with Crippen molar-refractivity contribution in [3.8, 4) is 0 Å². The van der Waals surface area contributed by atoms with Gasteiger partial charge in [-0.05, 0) is 43.4 Å². The van der Waals surface area contributed by atoms with Crippen LogP contribution in [0.25, 0.3) is 0 Å². The van der Waals surface area contributed by atoms with E-state index < -0.39 is 0 Å². The van der Waals surface area contributed by atoms with Crippen molar-refractivity contribution >= 4 is 17.5 Å². The SMILES string of the molecule is Cc1ccc(C(=O)N=c2cc(C(C)(C)C)n(C)n2CC2CC2)cc1Cl. The number of aromatic nitrogens is 2. The summed E-state index contributed by atoms with van der Waals surface area (Å²) in [5.74, 6) is 0.446. The van der Waals surface area contributed by atoms with Crippen molar-refractivity contribution in [3.05, 3.63) is 51.6 Å². The molecule has 2 aromatic rings. The minimum absolute atomic E-state index is 0.00989. The van der Waals surface area contributed by atoms with E-state index in [9.17, 15) is 4.79 Å². The lowest BCUT2D eigenvalue weighted by atomic mass is 9.92. The third-order valence-electron chi connectivity index (χ3n) is 4.77. The molecule has 0 aliphatic heterocycles. The molecule has 134 valence electrons. The first-order valence-corrected chi connectivity index (χ1v) is 9.17. The normalized spacial score (nSPS) is 15.7. The number of hydrogen-bond donors (Lipinski definition) is 0. The molecule has 0 atom stereocenters. The van der Waals surface area contributed by atoms with Crippen LogP contribution in [-0.4, -0.2) is 15.3 Å². The summed E-state index contributed by atoms with van der Waals surface area (Å²) in [5, 5.41) is 0.593. The Hall–Kier alpha value is -1.81. The number of aryl methyl sites for hydroxylation is 1. The van der Waals surface area contributed by atoms with E-state index in [4.69, 9.17) is 11.6 Å². The quantitative estimate of drug-likeness (QED) is 0.808. The Labute approximate surface area is 154 Å². The molecule has 1 aliphatic rings. The molecule has 1 heterocycles. The summed E-state index contributed by atoms with van der Waals surface area (Å²) in [6, 6.07) is 7.37. The Morgan fingerprint density at radius 2 is 1.96 bits per heavy atom. The second kappa shape index (κ2) is 6.49. The van der Waals surface area contributed by atoms with Crippen molar-refractivity contribution in [2.24, 2.45) is 18.0 Å². The van der Waals surface area contributed by atoms with Crippen molar-refractivity contribution in [1.29, 1.82) is 0 Å². The van der Waals surface area contributed by atoms with Crippen molar-refractivity contribution in [2.75, 3.05) is 0 Å². The Morgan fingerprint density at radius 3 is 2.52 bits per heavy atom. The molecule has 0 radical (unpaired) electrons. The fraction of sp³-hybridized carbons (Fsp3) is 0.500. The van der Waals surface area contributed by atoms with E-state index >= 15 is 0 Å². The molecule has 0 unspecified atom stereocenters. The van der Waals surface area contributed by atoms with E-state index in [1.54, 1.807) is 12.1 Å². The molecule has 4 nitrogen and oxygen atoms in total. The van der Waals surface area contributed by atoms with Gasteiger partial charge < -0.3 is 0 Å². The molecule has 1 aromatic carbocycles. The lowest BCUT2D eigenvalue weighted by molar-refractivity contribution is 0.0996. The highest BCUT2D eigenvalue weighted by Crippen LogP contribution is 2.30. The summed E-state index contributed by atoms with van der Waals surface area (Å²) >= 11 is 6.16. The molecule has 3 rings (SSSR count). The lowest BCUT2D eigenvalue weighted by Crippen LogP contribution is -2.26. The van der Waals surface area contributed by atoms with Crippen LogP contribution in [0.1, 0.15) is 55.2 Å². The summed E-state index contributed by atoms with van der Waals surface area (Å²) in [4.78, 5) is 17.1. The van der Waals surface area contributed by atoms with Gasteiger partial charge in [0, 0.05) is 41.4 Å². The standard InChI is InChI=1S/C20H26ClN3O/c1-13-6-9-15(10-16(13)21)19(25)22-18-11-17(20(2,3)4)23(5)24(18)12-14-7-8-14/h6,9-11,14H,7-8,12H2,1-5H3. The van der Waals surface area contributed by atoms with Gasteiger partial charge in [-0.15, -0.1) is 0 Å². The number of rotatable bonds is 3. The van der Waals surface area contributed by atoms with Gasteiger partial charge in [0.1, 0.15) is 0 Å². The van der Waals surface area contributed by atoms with E-state index in [1.165, 1.54) is 18.5 Å². The first-order valence-electron chi connectivity index (χ1n) is 8.79. The average molecular weight is 360 g/mol. The fourth-order valence-corrected chi connectivity index (χ4v) is 3.20. The maximum Gasteiger partial charge on any atom is 0.279 e. The number of carbonyl (C=O) groups is 1. The van der Waals surface area contributed by atoms with E-state index in [1.807, 2.05) is 19.1 Å². The molecule has 1 saturated carbocycles. The predicted molar refractivity (Wildman–Crippen MR) is 101 cm³/mol. The lowest BCUT2D eigenvalue weighted by Gasteiger charge is -2.20. The Balaban J connectivity index is 2.06. The molecule has 1 aliphatic carbocycles. The number of benzene rings is 1.